The molecular formula is C17H13N3O4S. The lowest BCUT2D eigenvalue weighted by Crippen LogP contribution is -2.03. The molecule has 0 aliphatic rings. The monoisotopic (exact) mass is 355 g/mol. The number of nitro benzene ring substituents is 1. The normalized spacial score (nSPS) is 10.3. The number of para-hydroxylation sites is 1. The number of nitro groups is 1. The summed E-state index contributed by atoms with van der Waals surface area (Å²) in [5, 5.41) is 14.7. The molecule has 0 bridgehead atoms. The Balaban J connectivity index is 1.84. The Morgan fingerprint density at radius 1 is 1.24 bits per heavy atom. The van der Waals surface area contributed by atoms with Crippen molar-refractivity contribution in [3.63, 3.8) is 0 Å². The van der Waals surface area contributed by atoms with Crippen molar-refractivity contribution in [2.75, 3.05) is 12.4 Å². The highest BCUT2D eigenvalue weighted by Gasteiger charge is 2.22. The second-order valence-electron chi connectivity index (χ2n) is 4.99. The van der Waals surface area contributed by atoms with Crippen molar-refractivity contribution in [1.82, 2.24) is 4.98 Å². The van der Waals surface area contributed by atoms with Crippen LogP contribution in [-0.4, -0.2) is 22.8 Å². The van der Waals surface area contributed by atoms with Gasteiger partial charge in [0.2, 0.25) is 5.78 Å². The van der Waals surface area contributed by atoms with Crippen LogP contribution in [-0.2, 0) is 0 Å². The number of thiazole rings is 1. The van der Waals surface area contributed by atoms with Crippen LogP contribution in [0.15, 0.2) is 54.7 Å². The highest BCUT2D eigenvalue weighted by atomic mass is 32.1. The van der Waals surface area contributed by atoms with E-state index in [4.69, 9.17) is 4.74 Å². The lowest BCUT2D eigenvalue weighted by molar-refractivity contribution is -0.385. The molecule has 25 heavy (non-hydrogen) atoms. The lowest BCUT2D eigenvalue weighted by atomic mass is 10.1. The van der Waals surface area contributed by atoms with Crippen LogP contribution < -0.4 is 10.1 Å². The van der Waals surface area contributed by atoms with Gasteiger partial charge in [-0.1, -0.05) is 29.5 Å². The van der Waals surface area contributed by atoms with Gasteiger partial charge in [-0.15, -0.1) is 0 Å². The summed E-state index contributed by atoms with van der Waals surface area (Å²) in [5.74, 6) is 0.265. The number of nitrogens with zero attached hydrogens (tertiary/aromatic N) is 2. The van der Waals surface area contributed by atoms with Crippen molar-refractivity contribution in [1.29, 1.82) is 0 Å². The molecule has 0 atom stereocenters. The average Bonchev–Trinajstić information content (AvgIpc) is 3.09. The van der Waals surface area contributed by atoms with Gasteiger partial charge in [0.15, 0.2) is 5.13 Å². The maximum atomic E-state index is 12.6. The van der Waals surface area contributed by atoms with Crippen LogP contribution in [0.5, 0.6) is 5.75 Å². The number of ether oxygens (including phenoxy) is 1. The van der Waals surface area contributed by atoms with Gasteiger partial charge in [-0.3, -0.25) is 14.9 Å². The summed E-state index contributed by atoms with van der Waals surface area (Å²) >= 11 is 1.13. The van der Waals surface area contributed by atoms with Crippen LogP contribution in [0.25, 0.3) is 0 Å². The summed E-state index contributed by atoms with van der Waals surface area (Å²) in [4.78, 5) is 27.6. The summed E-state index contributed by atoms with van der Waals surface area (Å²) in [6.45, 7) is 0. The highest BCUT2D eigenvalue weighted by Crippen LogP contribution is 2.28. The van der Waals surface area contributed by atoms with E-state index >= 15 is 0 Å². The van der Waals surface area contributed by atoms with Crippen LogP contribution in [0.1, 0.15) is 15.2 Å². The van der Waals surface area contributed by atoms with E-state index in [9.17, 15) is 14.9 Å². The van der Waals surface area contributed by atoms with Crippen LogP contribution in [0.3, 0.4) is 0 Å². The maximum Gasteiger partial charge on any atom is 0.280 e. The smallest absolute Gasteiger partial charge is 0.280 e. The number of anilines is 2. The van der Waals surface area contributed by atoms with Crippen LogP contribution in [0.4, 0.5) is 16.5 Å². The van der Waals surface area contributed by atoms with E-state index in [0.29, 0.717) is 15.8 Å². The molecular weight excluding hydrogens is 342 g/mol. The standard InChI is InChI=1S/C17H13N3O4S/c1-24-12-6-4-5-11(9-12)19-17-18-10-15(25-17)16(21)13-7-2-3-8-14(13)20(22)23/h2-10H,1H3,(H,18,19). The van der Waals surface area contributed by atoms with E-state index < -0.39 is 10.7 Å². The molecule has 3 aromatic rings. The lowest BCUT2D eigenvalue weighted by Gasteiger charge is -2.04. The minimum absolute atomic E-state index is 0.0454. The quantitative estimate of drug-likeness (QED) is 0.407. The first-order chi connectivity index (χ1) is 12.1. The van der Waals surface area contributed by atoms with Gasteiger partial charge in [0.1, 0.15) is 11.3 Å². The third-order valence-electron chi connectivity index (χ3n) is 3.40. The Hall–Kier alpha value is -3.26. The number of ketones is 1. The summed E-state index contributed by atoms with van der Waals surface area (Å²) < 4.78 is 5.15. The van der Waals surface area contributed by atoms with Crippen molar-refractivity contribution in [3.05, 3.63) is 75.3 Å². The van der Waals surface area contributed by atoms with Crippen molar-refractivity contribution >= 4 is 33.6 Å². The molecule has 0 aliphatic heterocycles. The van der Waals surface area contributed by atoms with E-state index in [2.05, 4.69) is 10.3 Å². The van der Waals surface area contributed by atoms with Gasteiger partial charge in [-0.05, 0) is 18.2 Å². The van der Waals surface area contributed by atoms with Gasteiger partial charge in [-0.25, -0.2) is 4.98 Å². The molecule has 0 saturated heterocycles. The minimum Gasteiger partial charge on any atom is -0.497 e. The van der Waals surface area contributed by atoms with Crippen LogP contribution in [0, 0.1) is 10.1 Å². The molecule has 126 valence electrons. The maximum absolute atomic E-state index is 12.6. The summed E-state index contributed by atoms with van der Waals surface area (Å²) in [6.07, 6.45) is 1.41. The zero-order valence-corrected chi connectivity index (χ0v) is 13.9. The molecule has 0 aliphatic carbocycles. The fourth-order valence-electron chi connectivity index (χ4n) is 2.22. The topological polar surface area (TPSA) is 94.4 Å². The number of carbonyl (C=O) groups is 1. The van der Waals surface area contributed by atoms with Gasteiger partial charge < -0.3 is 10.1 Å². The second kappa shape index (κ2) is 7.10. The second-order valence-corrected chi connectivity index (χ2v) is 6.02. The molecule has 0 saturated carbocycles. The van der Waals surface area contributed by atoms with Crippen molar-refractivity contribution in [3.8, 4) is 5.75 Å². The molecule has 0 amide bonds. The molecule has 3 rings (SSSR count). The third-order valence-corrected chi connectivity index (χ3v) is 4.31. The Labute approximate surface area is 147 Å². The van der Waals surface area contributed by atoms with Gasteiger partial charge in [0, 0.05) is 17.8 Å². The number of nitrogens with one attached hydrogen (secondary N) is 1. The van der Waals surface area contributed by atoms with E-state index in [1.54, 1.807) is 19.2 Å². The Kier molecular flexibility index (Phi) is 4.71. The summed E-state index contributed by atoms with van der Waals surface area (Å²) in [6, 6.07) is 13.1. The highest BCUT2D eigenvalue weighted by molar-refractivity contribution is 7.17. The predicted molar refractivity (Wildman–Crippen MR) is 94.9 cm³/mol. The summed E-state index contributed by atoms with van der Waals surface area (Å²) in [7, 11) is 1.58. The number of hydrogen-bond acceptors (Lipinski definition) is 7. The fourth-order valence-corrected chi connectivity index (χ4v) is 3.01. The van der Waals surface area contributed by atoms with Crippen LogP contribution in [0.2, 0.25) is 0 Å². The molecule has 7 nitrogen and oxygen atoms in total. The molecule has 0 spiro atoms. The van der Waals surface area contributed by atoms with E-state index in [0.717, 1.165) is 17.0 Å². The minimum atomic E-state index is -0.566. The molecule has 0 unspecified atom stereocenters. The van der Waals surface area contributed by atoms with Gasteiger partial charge in [-0.2, -0.15) is 0 Å². The number of carbonyl (C=O) groups excluding carboxylic acids is 1. The Bertz CT molecular complexity index is 939. The Morgan fingerprint density at radius 2 is 2.04 bits per heavy atom. The first-order valence-corrected chi connectivity index (χ1v) is 8.05. The van der Waals surface area contributed by atoms with Crippen LogP contribution >= 0.6 is 11.3 Å². The molecule has 0 radical (unpaired) electrons. The fraction of sp³-hybridized carbons (Fsp3) is 0.0588. The van der Waals surface area contributed by atoms with Crippen molar-refractivity contribution in [2.24, 2.45) is 0 Å². The number of aromatic nitrogens is 1. The Morgan fingerprint density at radius 3 is 2.80 bits per heavy atom. The van der Waals surface area contributed by atoms with Gasteiger partial charge in [0.25, 0.3) is 5.69 Å². The van der Waals surface area contributed by atoms with Crippen molar-refractivity contribution < 1.29 is 14.5 Å². The molecule has 1 aromatic heterocycles. The zero-order chi connectivity index (χ0) is 17.8. The average molecular weight is 355 g/mol. The number of methoxy groups -OCH3 is 1. The van der Waals surface area contributed by atoms with E-state index in [1.165, 1.54) is 24.4 Å². The van der Waals surface area contributed by atoms with E-state index in [1.807, 2.05) is 18.2 Å². The number of benzene rings is 2. The first kappa shape index (κ1) is 16.6. The molecule has 8 heteroatoms. The largest absolute Gasteiger partial charge is 0.497 e. The summed E-state index contributed by atoms with van der Waals surface area (Å²) in [5.41, 5.74) is 0.589. The zero-order valence-electron chi connectivity index (χ0n) is 13.1. The molecule has 1 N–H and O–H groups in total. The first-order valence-electron chi connectivity index (χ1n) is 7.23. The predicted octanol–water partition coefficient (Wildman–Crippen LogP) is 4.03. The molecule has 2 aromatic carbocycles. The molecule has 0 fully saturated rings. The third kappa shape index (κ3) is 3.64. The van der Waals surface area contributed by atoms with Crippen molar-refractivity contribution in [2.45, 2.75) is 0 Å². The van der Waals surface area contributed by atoms with Gasteiger partial charge >= 0.3 is 0 Å². The number of hydrogen-bond donors (Lipinski definition) is 1. The SMILES string of the molecule is COc1cccc(Nc2ncc(C(=O)c3ccccc3[N+](=O)[O-])s2)c1. The number of rotatable bonds is 6. The van der Waals surface area contributed by atoms with Gasteiger partial charge in [0.05, 0.1) is 23.1 Å². The molecule has 1 heterocycles. The van der Waals surface area contributed by atoms with E-state index in [-0.39, 0.29) is 11.3 Å².